The van der Waals surface area contributed by atoms with Crippen LogP contribution >= 0.6 is 0 Å². The second kappa shape index (κ2) is 5.31. The molecule has 76 valence electrons. The summed E-state index contributed by atoms with van der Waals surface area (Å²) in [5.41, 5.74) is 0.317. The van der Waals surface area contributed by atoms with Gasteiger partial charge in [0.15, 0.2) is 0 Å². The smallest absolute Gasteiger partial charge is 0.339 e. The molecule has 0 saturated heterocycles. The molecule has 1 aromatic rings. The molecule has 2 N–H and O–H groups in total. The van der Waals surface area contributed by atoms with Crippen molar-refractivity contribution < 1.29 is 19.7 Å². The van der Waals surface area contributed by atoms with Crippen molar-refractivity contribution in [2.45, 2.75) is 6.10 Å². The zero-order valence-corrected chi connectivity index (χ0v) is 7.46. The van der Waals surface area contributed by atoms with Gasteiger partial charge in [-0.25, -0.2) is 4.79 Å². The Morgan fingerprint density at radius 3 is 3.00 bits per heavy atom. The van der Waals surface area contributed by atoms with Gasteiger partial charge in [0.05, 0.1) is 12.2 Å². The third-order valence-electron chi connectivity index (χ3n) is 1.51. The van der Waals surface area contributed by atoms with E-state index < -0.39 is 18.7 Å². The first-order valence-electron chi connectivity index (χ1n) is 4.10. The van der Waals surface area contributed by atoms with Gasteiger partial charge in [-0.2, -0.15) is 0 Å². The summed E-state index contributed by atoms with van der Waals surface area (Å²) >= 11 is 0. The molecule has 0 radical (unpaired) electrons. The lowest BCUT2D eigenvalue weighted by molar-refractivity contribution is 0.00930. The van der Waals surface area contributed by atoms with Gasteiger partial charge in [-0.3, -0.25) is 4.98 Å². The molecule has 5 nitrogen and oxygen atoms in total. The highest BCUT2D eigenvalue weighted by Crippen LogP contribution is 1.99. The first-order valence-corrected chi connectivity index (χ1v) is 4.10. The van der Waals surface area contributed by atoms with Crippen LogP contribution in [0.5, 0.6) is 0 Å². The molecule has 1 unspecified atom stereocenters. The third-order valence-corrected chi connectivity index (χ3v) is 1.51. The van der Waals surface area contributed by atoms with Crippen LogP contribution in [0.25, 0.3) is 0 Å². The van der Waals surface area contributed by atoms with Crippen LogP contribution in [0.15, 0.2) is 24.5 Å². The predicted molar refractivity (Wildman–Crippen MR) is 47.6 cm³/mol. The van der Waals surface area contributed by atoms with Crippen LogP contribution < -0.4 is 0 Å². The van der Waals surface area contributed by atoms with Crippen molar-refractivity contribution >= 4 is 5.97 Å². The topological polar surface area (TPSA) is 79.7 Å². The summed E-state index contributed by atoms with van der Waals surface area (Å²) < 4.78 is 4.69. The molecule has 0 spiro atoms. The quantitative estimate of drug-likeness (QED) is 0.641. The van der Waals surface area contributed by atoms with E-state index in [0.717, 1.165) is 0 Å². The summed E-state index contributed by atoms with van der Waals surface area (Å²) in [7, 11) is 0. The molecule has 0 aliphatic rings. The first-order chi connectivity index (χ1) is 6.74. The molecule has 1 aromatic heterocycles. The van der Waals surface area contributed by atoms with E-state index in [-0.39, 0.29) is 6.61 Å². The average Bonchev–Trinajstić information content (AvgIpc) is 2.26. The summed E-state index contributed by atoms with van der Waals surface area (Å²) in [5.74, 6) is -0.564. The van der Waals surface area contributed by atoms with Crippen molar-refractivity contribution in [3.63, 3.8) is 0 Å². The number of hydrogen-bond donors (Lipinski definition) is 2. The lowest BCUT2D eigenvalue weighted by atomic mass is 10.3. The molecule has 1 atom stereocenters. The Balaban J connectivity index is 2.44. The Morgan fingerprint density at radius 2 is 2.43 bits per heavy atom. The van der Waals surface area contributed by atoms with Gasteiger partial charge in [0.1, 0.15) is 12.7 Å². The zero-order chi connectivity index (χ0) is 10.4. The third kappa shape index (κ3) is 3.12. The van der Waals surface area contributed by atoms with Gasteiger partial charge in [-0.15, -0.1) is 0 Å². The monoisotopic (exact) mass is 197 g/mol. The Bertz CT molecular complexity index is 288. The van der Waals surface area contributed by atoms with Gasteiger partial charge >= 0.3 is 5.97 Å². The van der Waals surface area contributed by atoms with Crippen LogP contribution in [0, 0.1) is 0 Å². The average molecular weight is 197 g/mol. The molecule has 0 aliphatic carbocycles. The number of aliphatic hydroxyl groups excluding tert-OH is 2. The zero-order valence-electron chi connectivity index (χ0n) is 7.46. The summed E-state index contributed by atoms with van der Waals surface area (Å²) in [5, 5.41) is 17.4. The summed E-state index contributed by atoms with van der Waals surface area (Å²) in [4.78, 5) is 15.0. The number of carbonyl (C=O) groups is 1. The van der Waals surface area contributed by atoms with Gasteiger partial charge < -0.3 is 14.9 Å². The Labute approximate surface area is 81.0 Å². The molecule has 5 heteroatoms. The minimum absolute atomic E-state index is 0.218. The second-order valence-electron chi connectivity index (χ2n) is 2.68. The highest BCUT2D eigenvalue weighted by atomic mass is 16.5. The van der Waals surface area contributed by atoms with E-state index in [4.69, 9.17) is 14.9 Å². The maximum Gasteiger partial charge on any atom is 0.339 e. The lowest BCUT2D eigenvalue weighted by Crippen LogP contribution is -2.21. The van der Waals surface area contributed by atoms with Crippen molar-refractivity contribution in [2.24, 2.45) is 0 Å². The minimum Gasteiger partial charge on any atom is -0.459 e. The predicted octanol–water partition coefficient (Wildman–Crippen LogP) is -0.408. The van der Waals surface area contributed by atoms with Crippen molar-refractivity contribution in [3.05, 3.63) is 30.1 Å². The normalized spacial score (nSPS) is 12.1. The van der Waals surface area contributed by atoms with Crippen molar-refractivity contribution in [1.82, 2.24) is 4.98 Å². The largest absolute Gasteiger partial charge is 0.459 e. The number of aromatic nitrogens is 1. The molecular weight excluding hydrogens is 186 g/mol. The molecule has 0 bridgehead atoms. The maximum absolute atomic E-state index is 11.2. The highest BCUT2D eigenvalue weighted by Gasteiger charge is 2.09. The Kier molecular flexibility index (Phi) is 4.03. The molecule has 0 fully saturated rings. The number of hydrogen-bond acceptors (Lipinski definition) is 5. The maximum atomic E-state index is 11.2. The fourth-order valence-electron chi connectivity index (χ4n) is 0.791. The Hall–Kier alpha value is -1.46. The molecule has 0 saturated carbocycles. The molecule has 1 rings (SSSR count). The number of esters is 1. The molecule has 0 aromatic carbocycles. The summed E-state index contributed by atoms with van der Waals surface area (Å²) in [6.07, 6.45) is 1.88. The molecule has 0 aliphatic heterocycles. The van der Waals surface area contributed by atoms with E-state index in [1.807, 2.05) is 0 Å². The molecule has 1 heterocycles. The van der Waals surface area contributed by atoms with E-state index in [9.17, 15) is 4.79 Å². The van der Waals surface area contributed by atoms with Crippen LogP contribution in [-0.2, 0) is 4.74 Å². The van der Waals surface area contributed by atoms with E-state index in [0.29, 0.717) is 5.56 Å². The van der Waals surface area contributed by atoms with Gasteiger partial charge in [0.25, 0.3) is 0 Å². The number of pyridine rings is 1. The van der Waals surface area contributed by atoms with Crippen molar-refractivity contribution in [3.8, 4) is 0 Å². The van der Waals surface area contributed by atoms with Crippen LogP contribution in [-0.4, -0.2) is 40.5 Å². The molecule has 14 heavy (non-hydrogen) atoms. The van der Waals surface area contributed by atoms with Crippen LogP contribution in [0.4, 0.5) is 0 Å². The van der Waals surface area contributed by atoms with Gasteiger partial charge in [-0.05, 0) is 12.1 Å². The number of rotatable bonds is 4. The van der Waals surface area contributed by atoms with Crippen molar-refractivity contribution in [2.75, 3.05) is 13.2 Å². The van der Waals surface area contributed by atoms with E-state index >= 15 is 0 Å². The van der Waals surface area contributed by atoms with Crippen molar-refractivity contribution in [1.29, 1.82) is 0 Å². The van der Waals surface area contributed by atoms with Crippen LogP contribution in [0.1, 0.15) is 10.4 Å². The summed E-state index contributed by atoms with van der Waals surface area (Å²) in [6, 6.07) is 3.17. The van der Waals surface area contributed by atoms with Crippen LogP contribution in [0.2, 0.25) is 0 Å². The number of aliphatic hydroxyl groups is 2. The van der Waals surface area contributed by atoms with E-state index in [2.05, 4.69) is 4.98 Å². The Morgan fingerprint density at radius 1 is 1.64 bits per heavy atom. The van der Waals surface area contributed by atoms with Crippen LogP contribution in [0.3, 0.4) is 0 Å². The van der Waals surface area contributed by atoms with E-state index in [1.54, 1.807) is 18.3 Å². The lowest BCUT2D eigenvalue weighted by Gasteiger charge is -2.07. The SMILES string of the molecule is O=C(OCC(O)CO)c1cccnc1. The fraction of sp³-hybridized carbons (Fsp3) is 0.333. The highest BCUT2D eigenvalue weighted by molar-refractivity contribution is 5.88. The van der Waals surface area contributed by atoms with Gasteiger partial charge in [0.2, 0.25) is 0 Å². The number of nitrogens with zero attached hydrogens (tertiary/aromatic N) is 1. The van der Waals surface area contributed by atoms with Gasteiger partial charge in [-0.1, -0.05) is 0 Å². The minimum atomic E-state index is -1.03. The molecular formula is C9H11NO4. The second-order valence-corrected chi connectivity index (χ2v) is 2.68. The fourth-order valence-corrected chi connectivity index (χ4v) is 0.791. The number of carbonyl (C=O) groups excluding carboxylic acids is 1. The standard InChI is InChI=1S/C9H11NO4/c11-5-8(12)6-14-9(13)7-2-1-3-10-4-7/h1-4,8,11-12H,5-6H2. The molecule has 0 amide bonds. The first kappa shape index (κ1) is 10.6. The number of ether oxygens (including phenoxy) is 1. The van der Waals surface area contributed by atoms with Gasteiger partial charge in [0, 0.05) is 12.4 Å². The summed E-state index contributed by atoms with van der Waals surface area (Å²) in [6.45, 7) is -0.648. The van der Waals surface area contributed by atoms with E-state index in [1.165, 1.54) is 6.20 Å².